The minimum absolute atomic E-state index is 0.00912. The average Bonchev–Trinajstić information content (AvgIpc) is 3.21. The van der Waals surface area contributed by atoms with Crippen molar-refractivity contribution in [3.63, 3.8) is 0 Å². The number of carbonyl (C=O) groups excluding carboxylic acids is 1. The van der Waals surface area contributed by atoms with Crippen LogP contribution in [-0.4, -0.2) is 33.4 Å². The number of allylic oxidation sites excluding steroid dienone is 2. The first kappa shape index (κ1) is 21.4. The molecule has 2 fully saturated rings. The molecule has 5 aliphatic rings. The highest BCUT2D eigenvalue weighted by molar-refractivity contribution is 5.77. The zero-order valence-electron chi connectivity index (χ0n) is 20.5. The highest BCUT2D eigenvalue weighted by atomic mass is 16.6. The van der Waals surface area contributed by atoms with Crippen LogP contribution in [0.3, 0.4) is 0 Å². The molecule has 2 saturated carbocycles. The van der Waals surface area contributed by atoms with E-state index in [1.807, 2.05) is 0 Å². The molecule has 4 aliphatic carbocycles. The van der Waals surface area contributed by atoms with E-state index < -0.39 is 0 Å². The number of hydrogen-bond donors (Lipinski definition) is 0. The monoisotopic (exact) mass is 452 g/mol. The summed E-state index contributed by atoms with van der Waals surface area (Å²) in [5.74, 6) is 3.48. The predicted octanol–water partition coefficient (Wildman–Crippen LogP) is 5.30. The van der Waals surface area contributed by atoms with Gasteiger partial charge in [0.25, 0.3) is 0 Å². The van der Waals surface area contributed by atoms with Crippen LogP contribution < -0.4 is 14.2 Å². The van der Waals surface area contributed by atoms with Crippen molar-refractivity contribution in [3.8, 4) is 17.2 Å². The van der Waals surface area contributed by atoms with Crippen LogP contribution in [0.1, 0.15) is 63.5 Å². The maximum Gasteiger partial charge on any atom is 0.309 e. The molecule has 1 aromatic rings. The summed E-state index contributed by atoms with van der Waals surface area (Å²) in [4.78, 5) is 13.2. The molecule has 0 amide bonds. The van der Waals surface area contributed by atoms with E-state index in [1.54, 1.807) is 14.2 Å². The van der Waals surface area contributed by atoms with Crippen LogP contribution >= 0.6 is 0 Å². The molecule has 2 bridgehead atoms. The molecule has 0 N–H and O–H groups in total. The lowest BCUT2D eigenvalue weighted by Crippen LogP contribution is -2.52. The van der Waals surface area contributed by atoms with E-state index >= 15 is 0 Å². The van der Waals surface area contributed by atoms with Gasteiger partial charge in [0.05, 0.1) is 20.1 Å². The summed E-state index contributed by atoms with van der Waals surface area (Å²) in [7, 11) is 3.26. The highest BCUT2D eigenvalue weighted by Gasteiger charge is 2.78. The highest BCUT2D eigenvalue weighted by Crippen LogP contribution is 2.82. The van der Waals surface area contributed by atoms with Gasteiger partial charge in [-0.25, -0.2) is 0 Å². The van der Waals surface area contributed by atoms with Crippen LogP contribution in [0.2, 0.25) is 0 Å². The van der Waals surface area contributed by atoms with Gasteiger partial charge in [0, 0.05) is 16.4 Å². The molecule has 0 aromatic heterocycles. The van der Waals surface area contributed by atoms with Gasteiger partial charge >= 0.3 is 5.97 Å². The first-order valence-corrected chi connectivity index (χ1v) is 12.7. The minimum atomic E-state index is -0.121. The third-order valence-electron chi connectivity index (χ3n) is 10.8. The van der Waals surface area contributed by atoms with E-state index in [2.05, 4.69) is 39.0 Å². The van der Waals surface area contributed by atoms with Crippen LogP contribution in [0.25, 0.3) is 0 Å². The molecule has 5 nitrogen and oxygen atoms in total. The Hall–Kier alpha value is -2.17. The van der Waals surface area contributed by atoms with Crippen molar-refractivity contribution in [2.45, 2.75) is 58.8 Å². The van der Waals surface area contributed by atoms with Gasteiger partial charge in [0.1, 0.15) is 13.2 Å². The van der Waals surface area contributed by atoms with Crippen molar-refractivity contribution >= 4 is 5.97 Å². The fraction of sp³-hybridized carbons (Fsp3) is 0.679. The fourth-order valence-electron chi connectivity index (χ4n) is 9.56. The van der Waals surface area contributed by atoms with Crippen LogP contribution in [0, 0.1) is 34.0 Å². The predicted molar refractivity (Wildman–Crippen MR) is 125 cm³/mol. The summed E-state index contributed by atoms with van der Waals surface area (Å²) in [6.07, 6.45) is 10.3. The molecule has 6 rings (SSSR count). The molecule has 0 saturated heterocycles. The zero-order valence-corrected chi connectivity index (χ0v) is 20.5. The Kier molecular flexibility index (Phi) is 4.49. The number of rotatable bonds is 3. The molecular weight excluding hydrogens is 416 g/mol. The summed E-state index contributed by atoms with van der Waals surface area (Å²) in [6, 6.07) is 2.18. The van der Waals surface area contributed by atoms with Gasteiger partial charge in [0.15, 0.2) is 11.5 Å². The van der Waals surface area contributed by atoms with Gasteiger partial charge in [-0.05, 0) is 66.9 Å². The van der Waals surface area contributed by atoms with Crippen molar-refractivity contribution in [2.75, 3.05) is 27.4 Å². The lowest BCUT2D eigenvalue weighted by atomic mass is 9.45. The largest absolute Gasteiger partial charge is 0.493 e. The van der Waals surface area contributed by atoms with Gasteiger partial charge < -0.3 is 18.9 Å². The number of aryl methyl sites for hydroxylation is 1. The molecule has 1 aliphatic heterocycles. The smallest absolute Gasteiger partial charge is 0.309 e. The third kappa shape index (κ3) is 2.23. The first-order valence-electron chi connectivity index (χ1n) is 12.7. The molecule has 0 spiro atoms. The zero-order chi connectivity index (χ0) is 23.2. The number of ether oxygens (including phenoxy) is 4. The maximum absolute atomic E-state index is 13.2. The number of esters is 1. The summed E-state index contributed by atoms with van der Waals surface area (Å²) < 4.78 is 23.4. The number of hydrogen-bond acceptors (Lipinski definition) is 5. The molecular formula is C28H36O5. The molecule has 33 heavy (non-hydrogen) atoms. The number of methoxy groups -OCH3 is 2. The quantitative estimate of drug-likeness (QED) is 0.460. The second-order valence-corrected chi connectivity index (χ2v) is 11.1. The van der Waals surface area contributed by atoms with Crippen molar-refractivity contribution in [2.24, 2.45) is 34.0 Å². The molecule has 178 valence electrons. The fourth-order valence-corrected chi connectivity index (χ4v) is 9.56. The van der Waals surface area contributed by atoms with E-state index in [0.717, 1.165) is 49.4 Å². The van der Waals surface area contributed by atoms with E-state index in [0.29, 0.717) is 25.0 Å². The summed E-state index contributed by atoms with van der Waals surface area (Å²) in [6.45, 7) is 8.19. The Bertz CT molecular complexity index is 1050. The summed E-state index contributed by atoms with van der Waals surface area (Å²) >= 11 is 0. The van der Waals surface area contributed by atoms with E-state index in [1.165, 1.54) is 11.1 Å². The van der Waals surface area contributed by atoms with E-state index in [-0.39, 0.29) is 34.1 Å². The molecule has 1 unspecified atom stereocenters. The Morgan fingerprint density at radius 1 is 1.15 bits per heavy atom. The van der Waals surface area contributed by atoms with Crippen molar-refractivity contribution in [1.29, 1.82) is 0 Å². The average molecular weight is 453 g/mol. The summed E-state index contributed by atoms with van der Waals surface area (Å²) in [5.41, 5.74) is 2.62. The van der Waals surface area contributed by atoms with E-state index in [9.17, 15) is 4.79 Å². The molecule has 1 heterocycles. The second kappa shape index (κ2) is 6.93. The molecule has 1 aromatic carbocycles. The lowest BCUT2D eigenvalue weighted by molar-refractivity contribution is -0.151. The lowest BCUT2D eigenvalue weighted by Gasteiger charge is -2.58. The van der Waals surface area contributed by atoms with Gasteiger partial charge in [0.2, 0.25) is 5.75 Å². The van der Waals surface area contributed by atoms with Gasteiger partial charge in [-0.1, -0.05) is 32.9 Å². The van der Waals surface area contributed by atoms with Gasteiger partial charge in [-0.3, -0.25) is 4.79 Å². The van der Waals surface area contributed by atoms with Gasteiger partial charge in [-0.2, -0.15) is 0 Å². The van der Waals surface area contributed by atoms with Crippen molar-refractivity contribution in [3.05, 3.63) is 29.3 Å². The first-order chi connectivity index (χ1) is 15.9. The van der Waals surface area contributed by atoms with E-state index in [4.69, 9.17) is 18.9 Å². The number of benzene rings is 1. The second-order valence-electron chi connectivity index (χ2n) is 11.1. The van der Waals surface area contributed by atoms with Gasteiger partial charge in [-0.15, -0.1) is 0 Å². The van der Waals surface area contributed by atoms with Crippen LogP contribution in [-0.2, 0) is 16.0 Å². The summed E-state index contributed by atoms with van der Waals surface area (Å²) in [5, 5.41) is 0. The Morgan fingerprint density at radius 3 is 2.61 bits per heavy atom. The van der Waals surface area contributed by atoms with Crippen molar-refractivity contribution < 1.29 is 23.7 Å². The Labute approximate surface area is 196 Å². The van der Waals surface area contributed by atoms with Crippen LogP contribution in [0.4, 0.5) is 0 Å². The standard InChI is InChI=1S/C28H36O5/c1-6-27-11-12-28(16(2)22(27)25(29)31-5)19-8-7-17-15-20(30-4)23-24(33-14-13-32-23)21(17)18(19)9-10-26(27,28)3/h11-12,15-16,18-19,22H,6-10,13-14H2,1-5H3/t16-,18+,19-,22+,26-,27-,28?/m1/s1. The third-order valence-corrected chi connectivity index (χ3v) is 10.8. The number of carbonyl (C=O) groups is 1. The molecule has 0 radical (unpaired) electrons. The molecule has 7 atom stereocenters. The normalized spacial score (nSPS) is 41.7. The van der Waals surface area contributed by atoms with Crippen LogP contribution in [0.15, 0.2) is 18.2 Å². The SMILES string of the molecule is CC[C@@]12C=CC3([C@H](C)[C@H]1C(=O)OC)[C@@H]1CCc4cc(OC)c5c(c4[C@H]1CC[C@@]32C)OCCO5. The molecule has 5 heteroatoms. The Morgan fingerprint density at radius 2 is 1.91 bits per heavy atom. The van der Waals surface area contributed by atoms with Crippen molar-refractivity contribution in [1.82, 2.24) is 0 Å². The minimum Gasteiger partial charge on any atom is -0.493 e. The number of fused-ring (bicyclic) bond motifs is 5. The topological polar surface area (TPSA) is 54.0 Å². The maximum atomic E-state index is 13.2. The van der Waals surface area contributed by atoms with Crippen LogP contribution in [0.5, 0.6) is 17.2 Å². The Balaban J connectivity index is 1.52.